The van der Waals surface area contributed by atoms with Crippen LogP contribution in [0.2, 0.25) is 0 Å². The number of nitrogens with two attached hydrogens (primary N) is 1. The summed E-state index contributed by atoms with van der Waals surface area (Å²) in [6, 6.07) is 0. The third kappa shape index (κ3) is 11.0. The van der Waals surface area contributed by atoms with Crippen LogP contribution in [0, 0.1) is 11.3 Å². The van der Waals surface area contributed by atoms with E-state index in [1.54, 1.807) is 0 Å². The van der Waals surface area contributed by atoms with Crippen molar-refractivity contribution in [2.24, 2.45) is 11.3 Å². The van der Waals surface area contributed by atoms with Gasteiger partial charge in [-0.25, -0.2) is 24.1 Å². The molecule has 0 aromatic carbocycles. The number of aliphatic hydroxyl groups is 2. The second-order valence-electron chi connectivity index (χ2n) is 12.2. The Balaban J connectivity index is 1.47. The predicted molar refractivity (Wildman–Crippen MR) is 164 cm³/mol. The number of rotatable bonds is 20. The summed E-state index contributed by atoms with van der Waals surface area (Å²) in [7, 11) is -10.7. The van der Waals surface area contributed by atoms with Crippen molar-refractivity contribution >= 4 is 50.0 Å². The van der Waals surface area contributed by atoms with Crippen molar-refractivity contribution in [1.29, 1.82) is 0 Å². The summed E-state index contributed by atoms with van der Waals surface area (Å²) in [5.41, 5.74) is 4.77. The average Bonchev–Trinajstić information content (AvgIpc) is 3.52. The molecule has 1 aliphatic heterocycles. The maximum atomic E-state index is 12.7. The Morgan fingerprint density at radius 2 is 1.70 bits per heavy atom. The molecule has 1 saturated heterocycles. The molecule has 0 aliphatic carbocycles. The number of ether oxygens (including phenoxy) is 1. The van der Waals surface area contributed by atoms with Gasteiger partial charge in [-0.2, -0.15) is 4.31 Å². The maximum Gasteiger partial charge on any atom is 0.483 e. The van der Waals surface area contributed by atoms with Crippen LogP contribution in [0.15, 0.2) is 12.7 Å². The second kappa shape index (κ2) is 16.3. The van der Waals surface area contributed by atoms with Gasteiger partial charge in [0.15, 0.2) is 29.8 Å². The number of imidazole rings is 1. The molecule has 0 spiro atoms. The van der Waals surface area contributed by atoms with Crippen LogP contribution in [0.4, 0.5) is 5.82 Å². The van der Waals surface area contributed by atoms with Gasteiger partial charge in [-0.1, -0.05) is 27.2 Å². The number of phosphoric ester groups is 2. The predicted octanol–water partition coefficient (Wildman–Crippen LogP) is 2.75. The lowest BCUT2D eigenvalue weighted by Crippen LogP contribution is -2.39. The summed E-state index contributed by atoms with van der Waals surface area (Å²) >= 11 is 0. The summed E-state index contributed by atoms with van der Waals surface area (Å²) in [5.74, 6) is -1.44. The van der Waals surface area contributed by atoms with Crippen molar-refractivity contribution in [3.8, 4) is 0 Å². The molecule has 1 aliphatic rings. The van der Waals surface area contributed by atoms with E-state index in [4.69, 9.17) is 19.5 Å². The number of nitrogen functional groups attached to an aromatic ring is 1. The Labute approximate surface area is 271 Å². The van der Waals surface area contributed by atoms with Gasteiger partial charge >= 0.3 is 15.6 Å². The van der Waals surface area contributed by atoms with Crippen molar-refractivity contribution in [3.63, 3.8) is 0 Å². The number of phosphoric acid groups is 2. The van der Waals surface area contributed by atoms with Crippen molar-refractivity contribution in [2.45, 2.75) is 104 Å². The molecule has 3 rings (SSSR count). The van der Waals surface area contributed by atoms with E-state index in [-0.39, 0.29) is 47.8 Å². The number of hydrogen-bond donors (Lipinski definition) is 5. The molecule has 18 nitrogen and oxygen atoms in total. The summed E-state index contributed by atoms with van der Waals surface area (Å²) in [6.07, 6.45) is -0.207. The SMILES string of the molecule is CC(=O)CCCCCC(=O)CCCC(=O)[C@H](O)C(C)(C)COP(=O)(O)OP(=O)(O)OC1OC(n2cnc3c(N)ncnc32)C(O)C1C. The van der Waals surface area contributed by atoms with E-state index in [0.717, 1.165) is 12.8 Å². The van der Waals surface area contributed by atoms with E-state index < -0.39 is 64.1 Å². The Morgan fingerprint density at radius 1 is 1.04 bits per heavy atom. The van der Waals surface area contributed by atoms with E-state index >= 15 is 0 Å². The molecule has 0 radical (unpaired) electrons. The second-order valence-corrected chi connectivity index (χ2v) is 15.2. The topological polar surface area (TPSA) is 273 Å². The quantitative estimate of drug-likeness (QED) is 0.0977. The lowest BCUT2D eigenvalue weighted by Gasteiger charge is -2.30. The number of unbranched alkanes of at least 4 members (excludes halogenated alkanes) is 2. The molecule has 6 unspecified atom stereocenters. The van der Waals surface area contributed by atoms with Gasteiger partial charge in [0.2, 0.25) is 0 Å². The highest BCUT2D eigenvalue weighted by Crippen LogP contribution is 2.62. The first-order valence-corrected chi connectivity index (χ1v) is 18.0. The first-order chi connectivity index (χ1) is 21.8. The number of carbonyl (C=O) groups excluding carboxylic acids is 3. The standard InChI is InChI=1S/C27H43N5O13P2/c1-16(33)9-6-5-7-10-18(34)11-8-12-19(35)22(37)27(3,4)13-42-46(38,39)45-47(40,41)44-26-17(2)21(36)25(43-26)32-15-31-20-23(28)29-14-30-24(20)32/h14-15,17,21-22,25-26,36-37H,5-13H2,1-4H3,(H,38,39)(H,40,41)(H2,28,29,30)/t17?,21?,22-,25?,26?/m0/s1. The van der Waals surface area contributed by atoms with Gasteiger partial charge in [0, 0.05) is 37.0 Å². The van der Waals surface area contributed by atoms with Crippen molar-refractivity contribution in [2.75, 3.05) is 12.3 Å². The number of aromatic nitrogens is 4. The van der Waals surface area contributed by atoms with Crippen LogP contribution in [0.1, 0.15) is 85.3 Å². The van der Waals surface area contributed by atoms with Crippen molar-refractivity contribution in [1.82, 2.24) is 19.5 Å². The summed E-state index contributed by atoms with van der Waals surface area (Å²) < 4.78 is 46.4. The number of ketones is 3. The van der Waals surface area contributed by atoms with E-state index in [1.807, 2.05) is 0 Å². The monoisotopic (exact) mass is 707 g/mol. The molecular formula is C27H43N5O13P2. The smallest absolute Gasteiger partial charge is 0.388 e. The van der Waals surface area contributed by atoms with Gasteiger partial charge in [0.05, 0.1) is 12.9 Å². The molecule has 20 heteroatoms. The zero-order valence-corrected chi connectivity index (χ0v) is 28.4. The Bertz CT molecular complexity index is 1520. The first kappa shape index (κ1) is 38.9. The number of nitrogens with zero attached hydrogens (tertiary/aromatic N) is 4. The molecule has 0 bridgehead atoms. The molecule has 264 valence electrons. The Kier molecular flexibility index (Phi) is 13.5. The Morgan fingerprint density at radius 3 is 2.38 bits per heavy atom. The Hall–Kier alpha value is -2.50. The van der Waals surface area contributed by atoms with E-state index in [9.17, 15) is 43.5 Å². The zero-order valence-electron chi connectivity index (χ0n) is 26.6. The van der Waals surface area contributed by atoms with Crippen LogP contribution in [0.25, 0.3) is 11.2 Å². The molecule has 3 heterocycles. The summed E-state index contributed by atoms with van der Waals surface area (Å²) in [4.78, 5) is 68.0. The highest BCUT2D eigenvalue weighted by molar-refractivity contribution is 7.61. The van der Waals surface area contributed by atoms with E-state index in [2.05, 4.69) is 19.3 Å². The van der Waals surface area contributed by atoms with Crippen molar-refractivity contribution in [3.05, 3.63) is 12.7 Å². The number of carbonyl (C=O) groups is 3. The fourth-order valence-electron chi connectivity index (χ4n) is 4.83. The normalized spacial score (nSPS) is 23.3. The third-order valence-electron chi connectivity index (χ3n) is 7.65. The molecule has 1 fully saturated rings. The molecule has 47 heavy (non-hydrogen) atoms. The molecule has 6 N–H and O–H groups in total. The minimum absolute atomic E-state index is 0.0378. The molecule has 7 atom stereocenters. The van der Waals surface area contributed by atoms with Crippen LogP contribution in [-0.2, 0) is 41.6 Å². The number of anilines is 1. The van der Waals surface area contributed by atoms with Gasteiger partial charge < -0.3 is 35.3 Å². The summed E-state index contributed by atoms with van der Waals surface area (Å²) in [5, 5.41) is 21.3. The highest BCUT2D eigenvalue weighted by atomic mass is 31.3. The van der Waals surface area contributed by atoms with Gasteiger partial charge in [-0.05, 0) is 26.2 Å². The minimum atomic E-state index is -5.37. The van der Waals surface area contributed by atoms with Gasteiger partial charge in [0.25, 0.3) is 0 Å². The van der Waals surface area contributed by atoms with Crippen LogP contribution in [0.5, 0.6) is 0 Å². The van der Waals surface area contributed by atoms with Crippen LogP contribution in [0.3, 0.4) is 0 Å². The van der Waals surface area contributed by atoms with Crippen LogP contribution in [-0.4, -0.2) is 82.0 Å². The highest BCUT2D eigenvalue weighted by Gasteiger charge is 2.48. The largest absolute Gasteiger partial charge is 0.483 e. The van der Waals surface area contributed by atoms with E-state index in [0.29, 0.717) is 19.3 Å². The molecule has 0 amide bonds. The molecule has 2 aromatic heterocycles. The van der Waals surface area contributed by atoms with Gasteiger partial charge in [-0.3, -0.25) is 23.2 Å². The number of fused-ring (bicyclic) bond motifs is 1. The van der Waals surface area contributed by atoms with Gasteiger partial charge in [0.1, 0.15) is 35.6 Å². The lowest BCUT2D eigenvalue weighted by atomic mass is 9.84. The number of Topliss-reactive ketones (excluding diaryl/α,β-unsaturated/α-hetero) is 3. The van der Waals surface area contributed by atoms with Gasteiger partial charge in [-0.15, -0.1) is 0 Å². The number of hydrogen-bond acceptors (Lipinski definition) is 15. The molecule has 0 saturated carbocycles. The molecule has 2 aromatic rings. The van der Waals surface area contributed by atoms with Crippen molar-refractivity contribution < 1.29 is 61.6 Å². The summed E-state index contributed by atoms with van der Waals surface area (Å²) in [6.45, 7) is 4.93. The third-order valence-corrected chi connectivity index (χ3v) is 10.2. The lowest BCUT2D eigenvalue weighted by molar-refractivity contribution is -0.135. The minimum Gasteiger partial charge on any atom is -0.388 e. The zero-order chi connectivity index (χ0) is 35.2. The maximum absolute atomic E-state index is 12.7. The fraction of sp³-hybridized carbons (Fsp3) is 0.704. The molecular weight excluding hydrogens is 664 g/mol. The van der Waals surface area contributed by atoms with Crippen LogP contribution < -0.4 is 5.73 Å². The average molecular weight is 708 g/mol. The number of aliphatic hydroxyl groups excluding tert-OH is 2. The van der Waals surface area contributed by atoms with E-state index in [1.165, 1.54) is 44.9 Å². The fourth-order valence-corrected chi connectivity index (χ4v) is 7.22. The first-order valence-electron chi connectivity index (χ1n) is 15.0. The van der Waals surface area contributed by atoms with Crippen LogP contribution >= 0.6 is 15.6 Å².